The van der Waals surface area contributed by atoms with Gasteiger partial charge in [-0.05, 0) is 17.5 Å². The van der Waals surface area contributed by atoms with Crippen LogP contribution in [0.25, 0.3) is 0 Å². The summed E-state index contributed by atoms with van der Waals surface area (Å²) in [6, 6.07) is 17.7. The molecule has 6 heteroatoms. The quantitative estimate of drug-likeness (QED) is 0.638. The van der Waals surface area contributed by atoms with Crippen molar-refractivity contribution in [3.63, 3.8) is 0 Å². The van der Waals surface area contributed by atoms with Gasteiger partial charge >= 0.3 is 11.9 Å². The number of benzene rings is 2. The second-order valence-electron chi connectivity index (χ2n) is 6.25. The Balaban J connectivity index is 1.84. The first-order valence-corrected chi connectivity index (χ1v) is 9.28. The third kappa shape index (κ3) is 7.61. The van der Waals surface area contributed by atoms with Crippen molar-refractivity contribution in [2.75, 3.05) is 0 Å². The lowest BCUT2D eigenvalue weighted by molar-refractivity contribution is -0.150. The molecular weight excluding hydrogens is 358 g/mol. The Hall–Kier alpha value is -3.15. The molecule has 2 aromatic rings. The number of esters is 2. The second-order valence-corrected chi connectivity index (χ2v) is 6.25. The van der Waals surface area contributed by atoms with E-state index in [0.717, 1.165) is 11.1 Å². The van der Waals surface area contributed by atoms with Gasteiger partial charge in [-0.25, -0.2) is 4.79 Å². The van der Waals surface area contributed by atoms with Gasteiger partial charge in [-0.3, -0.25) is 9.59 Å². The van der Waals surface area contributed by atoms with E-state index in [0.29, 0.717) is 0 Å². The average molecular weight is 383 g/mol. The molecule has 0 saturated heterocycles. The summed E-state index contributed by atoms with van der Waals surface area (Å²) in [6.07, 6.45) is 0.357. The first-order valence-electron chi connectivity index (χ1n) is 9.28. The minimum Gasteiger partial charge on any atom is -0.461 e. The molecular formula is C22H25NO5. The zero-order valence-electron chi connectivity index (χ0n) is 15.9. The van der Waals surface area contributed by atoms with Crippen LogP contribution in [0.1, 0.15) is 37.3 Å². The van der Waals surface area contributed by atoms with Crippen LogP contribution in [-0.2, 0) is 37.1 Å². The zero-order valence-corrected chi connectivity index (χ0v) is 15.9. The van der Waals surface area contributed by atoms with Crippen molar-refractivity contribution >= 4 is 17.8 Å². The maximum Gasteiger partial charge on any atom is 0.328 e. The fourth-order valence-electron chi connectivity index (χ4n) is 2.45. The van der Waals surface area contributed by atoms with E-state index in [1.54, 1.807) is 6.92 Å². The molecule has 0 saturated carbocycles. The molecule has 148 valence electrons. The largest absolute Gasteiger partial charge is 0.461 e. The minimum atomic E-state index is -0.888. The number of hydrogen-bond donors (Lipinski definition) is 1. The maximum absolute atomic E-state index is 12.4. The molecule has 6 nitrogen and oxygen atoms in total. The molecule has 1 N–H and O–H groups in total. The maximum atomic E-state index is 12.4. The Labute approximate surface area is 164 Å². The standard InChI is InChI=1S/C22H25NO5/c1-2-20(24)23-19(22(26)28-16-18-11-7-4-8-12-18)13-14-21(25)27-15-17-9-5-3-6-10-17/h3-12,19H,2,13-16H2,1H3,(H,23,24)/t19-/m0/s1. The van der Waals surface area contributed by atoms with Crippen molar-refractivity contribution in [3.8, 4) is 0 Å². The average Bonchev–Trinajstić information content (AvgIpc) is 2.74. The molecule has 0 unspecified atom stereocenters. The molecule has 2 rings (SSSR count). The third-order valence-electron chi connectivity index (χ3n) is 4.04. The van der Waals surface area contributed by atoms with Gasteiger partial charge in [0, 0.05) is 12.8 Å². The van der Waals surface area contributed by atoms with Crippen LogP contribution in [0.15, 0.2) is 60.7 Å². The predicted molar refractivity (Wildman–Crippen MR) is 104 cm³/mol. The van der Waals surface area contributed by atoms with Crippen LogP contribution >= 0.6 is 0 Å². The van der Waals surface area contributed by atoms with E-state index >= 15 is 0 Å². The van der Waals surface area contributed by atoms with Crippen molar-refractivity contribution in [1.82, 2.24) is 5.32 Å². The van der Waals surface area contributed by atoms with Crippen molar-refractivity contribution in [3.05, 3.63) is 71.8 Å². The Bertz CT molecular complexity index is 761. The Morgan fingerprint density at radius 1 is 0.857 bits per heavy atom. The number of rotatable bonds is 10. The molecule has 0 radical (unpaired) electrons. The van der Waals surface area contributed by atoms with E-state index < -0.39 is 18.0 Å². The smallest absolute Gasteiger partial charge is 0.328 e. The number of nitrogens with one attached hydrogen (secondary N) is 1. The molecule has 1 amide bonds. The first kappa shape index (κ1) is 21.2. The lowest BCUT2D eigenvalue weighted by Crippen LogP contribution is -2.41. The van der Waals surface area contributed by atoms with E-state index in [4.69, 9.17) is 9.47 Å². The van der Waals surface area contributed by atoms with Crippen LogP contribution in [0.4, 0.5) is 0 Å². The van der Waals surface area contributed by atoms with E-state index in [1.807, 2.05) is 60.7 Å². The van der Waals surface area contributed by atoms with Crippen LogP contribution in [0.2, 0.25) is 0 Å². The van der Waals surface area contributed by atoms with Crippen molar-refractivity contribution in [2.24, 2.45) is 0 Å². The Morgan fingerprint density at radius 3 is 1.93 bits per heavy atom. The molecule has 0 aliphatic carbocycles. The molecule has 0 bridgehead atoms. The summed E-state index contributed by atoms with van der Waals surface area (Å²) in [5.41, 5.74) is 1.73. The van der Waals surface area contributed by atoms with Crippen molar-refractivity contribution < 1.29 is 23.9 Å². The Kier molecular flexibility index (Phi) is 8.72. The van der Waals surface area contributed by atoms with Gasteiger partial charge in [-0.1, -0.05) is 67.6 Å². The van der Waals surface area contributed by atoms with E-state index in [2.05, 4.69) is 5.32 Å². The second kappa shape index (κ2) is 11.5. The van der Waals surface area contributed by atoms with Gasteiger partial charge in [0.05, 0.1) is 0 Å². The van der Waals surface area contributed by atoms with Gasteiger partial charge in [0.1, 0.15) is 19.3 Å². The summed E-state index contributed by atoms with van der Waals surface area (Å²) in [7, 11) is 0. The summed E-state index contributed by atoms with van der Waals surface area (Å²) in [5.74, 6) is -1.28. The lowest BCUT2D eigenvalue weighted by atomic mass is 10.1. The molecule has 28 heavy (non-hydrogen) atoms. The van der Waals surface area contributed by atoms with E-state index in [1.165, 1.54) is 0 Å². The SMILES string of the molecule is CCC(=O)N[C@@H](CCC(=O)OCc1ccccc1)C(=O)OCc1ccccc1. The third-order valence-corrected chi connectivity index (χ3v) is 4.04. The van der Waals surface area contributed by atoms with Gasteiger partial charge in [0.15, 0.2) is 0 Å². The van der Waals surface area contributed by atoms with Gasteiger partial charge in [0.25, 0.3) is 0 Å². The molecule has 0 fully saturated rings. The van der Waals surface area contributed by atoms with Gasteiger partial charge in [0.2, 0.25) is 5.91 Å². The van der Waals surface area contributed by atoms with E-state index in [-0.39, 0.29) is 38.4 Å². The van der Waals surface area contributed by atoms with Crippen LogP contribution < -0.4 is 5.32 Å². The predicted octanol–water partition coefficient (Wildman–Crippen LogP) is 3.15. The number of hydrogen-bond acceptors (Lipinski definition) is 5. The summed E-state index contributed by atoms with van der Waals surface area (Å²) >= 11 is 0. The van der Waals surface area contributed by atoms with Crippen LogP contribution in [0.5, 0.6) is 0 Å². The molecule has 0 spiro atoms. The number of ether oxygens (including phenoxy) is 2. The summed E-state index contributed by atoms with van der Waals surface area (Å²) in [4.78, 5) is 36.1. The number of carbonyl (C=O) groups is 3. The van der Waals surface area contributed by atoms with Gasteiger partial charge in [-0.2, -0.15) is 0 Å². The fraction of sp³-hybridized carbons (Fsp3) is 0.318. The fourth-order valence-corrected chi connectivity index (χ4v) is 2.45. The van der Waals surface area contributed by atoms with Crippen LogP contribution in [0, 0.1) is 0 Å². The summed E-state index contributed by atoms with van der Waals surface area (Å²) in [5, 5.41) is 2.61. The molecule has 1 atom stereocenters. The highest BCUT2D eigenvalue weighted by atomic mass is 16.5. The first-order chi connectivity index (χ1) is 13.6. The number of amides is 1. The summed E-state index contributed by atoms with van der Waals surface area (Å²) < 4.78 is 10.5. The van der Waals surface area contributed by atoms with Crippen LogP contribution in [0.3, 0.4) is 0 Å². The highest BCUT2D eigenvalue weighted by Crippen LogP contribution is 2.08. The van der Waals surface area contributed by atoms with Gasteiger partial charge < -0.3 is 14.8 Å². The van der Waals surface area contributed by atoms with E-state index in [9.17, 15) is 14.4 Å². The normalized spacial score (nSPS) is 11.3. The molecule has 0 aromatic heterocycles. The highest BCUT2D eigenvalue weighted by molar-refractivity contribution is 5.84. The summed E-state index contributed by atoms with van der Waals surface area (Å²) in [6.45, 7) is 1.97. The molecule has 2 aromatic carbocycles. The topological polar surface area (TPSA) is 81.7 Å². The number of carbonyl (C=O) groups excluding carboxylic acids is 3. The van der Waals surface area contributed by atoms with Gasteiger partial charge in [-0.15, -0.1) is 0 Å². The molecule has 0 aliphatic heterocycles. The zero-order chi connectivity index (χ0) is 20.2. The van der Waals surface area contributed by atoms with Crippen LogP contribution in [-0.4, -0.2) is 23.9 Å². The lowest BCUT2D eigenvalue weighted by Gasteiger charge is -2.17. The van der Waals surface area contributed by atoms with Crippen molar-refractivity contribution in [1.29, 1.82) is 0 Å². The minimum absolute atomic E-state index is 0.00192. The Morgan fingerprint density at radius 2 is 1.39 bits per heavy atom. The molecule has 0 aliphatic rings. The monoisotopic (exact) mass is 383 g/mol. The molecule has 0 heterocycles. The highest BCUT2D eigenvalue weighted by Gasteiger charge is 2.23. The van der Waals surface area contributed by atoms with Crippen molar-refractivity contribution in [2.45, 2.75) is 45.4 Å².